The molecule has 2 aromatic rings. The van der Waals surface area contributed by atoms with Crippen molar-refractivity contribution in [1.29, 1.82) is 0 Å². The standard InChI is InChI=1S/C8H7N3O3/c12-8(13)6-4-9-7(14-6)3-5-1-2-10-11-5/h1-2,4H,3H2,(H,10,11)(H,12,13). The summed E-state index contributed by atoms with van der Waals surface area (Å²) in [4.78, 5) is 14.3. The van der Waals surface area contributed by atoms with Crippen LogP contribution in [0.15, 0.2) is 22.9 Å². The molecule has 0 saturated heterocycles. The molecule has 6 heteroatoms. The van der Waals surface area contributed by atoms with Gasteiger partial charge in [0.25, 0.3) is 0 Å². The molecular formula is C8H7N3O3. The average molecular weight is 193 g/mol. The van der Waals surface area contributed by atoms with Crippen LogP contribution in [0.25, 0.3) is 0 Å². The van der Waals surface area contributed by atoms with Crippen molar-refractivity contribution < 1.29 is 14.3 Å². The lowest BCUT2D eigenvalue weighted by Crippen LogP contribution is -1.92. The van der Waals surface area contributed by atoms with Crippen LogP contribution in [0.1, 0.15) is 22.1 Å². The molecule has 2 N–H and O–H groups in total. The van der Waals surface area contributed by atoms with Crippen molar-refractivity contribution in [3.05, 3.63) is 35.8 Å². The van der Waals surface area contributed by atoms with Crippen LogP contribution in [0.2, 0.25) is 0 Å². The highest BCUT2D eigenvalue weighted by Gasteiger charge is 2.10. The normalized spacial score (nSPS) is 10.3. The molecule has 2 rings (SSSR count). The van der Waals surface area contributed by atoms with Crippen molar-refractivity contribution in [2.75, 3.05) is 0 Å². The van der Waals surface area contributed by atoms with E-state index in [-0.39, 0.29) is 5.76 Å². The summed E-state index contributed by atoms with van der Waals surface area (Å²) in [6, 6.07) is 1.77. The summed E-state index contributed by atoms with van der Waals surface area (Å²) < 4.78 is 4.96. The van der Waals surface area contributed by atoms with Crippen LogP contribution in [0.4, 0.5) is 0 Å². The fourth-order valence-electron chi connectivity index (χ4n) is 1.04. The molecule has 0 aliphatic heterocycles. The maximum atomic E-state index is 10.5. The molecule has 0 amide bonds. The summed E-state index contributed by atoms with van der Waals surface area (Å²) >= 11 is 0. The van der Waals surface area contributed by atoms with E-state index >= 15 is 0 Å². The van der Waals surface area contributed by atoms with Gasteiger partial charge in [-0.15, -0.1) is 0 Å². The Balaban J connectivity index is 2.14. The van der Waals surface area contributed by atoms with Crippen LogP contribution in [0.3, 0.4) is 0 Å². The zero-order valence-corrected chi connectivity index (χ0v) is 7.10. The van der Waals surface area contributed by atoms with E-state index in [0.29, 0.717) is 12.3 Å². The van der Waals surface area contributed by atoms with E-state index in [4.69, 9.17) is 9.52 Å². The predicted octanol–water partition coefficient (Wildman–Crippen LogP) is 0.687. The molecule has 6 nitrogen and oxygen atoms in total. The summed E-state index contributed by atoms with van der Waals surface area (Å²) in [7, 11) is 0. The third kappa shape index (κ3) is 1.63. The zero-order chi connectivity index (χ0) is 9.97. The third-order valence-corrected chi connectivity index (χ3v) is 1.66. The largest absolute Gasteiger partial charge is 0.475 e. The fourth-order valence-corrected chi connectivity index (χ4v) is 1.04. The number of carboxylic acid groups (broad SMARTS) is 1. The number of carboxylic acids is 1. The molecule has 0 radical (unpaired) electrons. The van der Waals surface area contributed by atoms with Gasteiger partial charge in [0.15, 0.2) is 0 Å². The quantitative estimate of drug-likeness (QED) is 0.747. The molecule has 2 aromatic heterocycles. The number of nitrogens with zero attached hydrogens (tertiary/aromatic N) is 2. The van der Waals surface area contributed by atoms with Crippen molar-refractivity contribution >= 4 is 5.97 Å². The van der Waals surface area contributed by atoms with Gasteiger partial charge in [-0.1, -0.05) is 0 Å². The third-order valence-electron chi connectivity index (χ3n) is 1.66. The van der Waals surface area contributed by atoms with Crippen LogP contribution in [0.5, 0.6) is 0 Å². The first kappa shape index (κ1) is 8.49. The van der Waals surface area contributed by atoms with Gasteiger partial charge in [0.2, 0.25) is 11.7 Å². The minimum absolute atomic E-state index is 0.153. The molecule has 72 valence electrons. The van der Waals surface area contributed by atoms with Gasteiger partial charge >= 0.3 is 5.97 Å². The van der Waals surface area contributed by atoms with Crippen molar-refractivity contribution in [3.63, 3.8) is 0 Å². The fraction of sp³-hybridized carbons (Fsp3) is 0.125. The van der Waals surface area contributed by atoms with Gasteiger partial charge in [-0.3, -0.25) is 5.10 Å². The van der Waals surface area contributed by atoms with Crippen molar-refractivity contribution in [2.45, 2.75) is 6.42 Å². The van der Waals surface area contributed by atoms with Gasteiger partial charge in [0, 0.05) is 11.9 Å². The van der Waals surface area contributed by atoms with E-state index < -0.39 is 5.97 Å². The minimum Gasteiger partial charge on any atom is -0.475 e. The first-order chi connectivity index (χ1) is 6.75. The highest BCUT2D eigenvalue weighted by molar-refractivity contribution is 5.83. The number of hydrogen-bond acceptors (Lipinski definition) is 4. The lowest BCUT2D eigenvalue weighted by molar-refractivity contribution is 0.0660. The number of H-pyrrole nitrogens is 1. The molecule has 0 aliphatic rings. The van der Waals surface area contributed by atoms with Gasteiger partial charge < -0.3 is 9.52 Å². The summed E-state index contributed by atoms with van der Waals surface area (Å²) in [5, 5.41) is 15.0. The van der Waals surface area contributed by atoms with E-state index in [0.717, 1.165) is 5.69 Å². The zero-order valence-electron chi connectivity index (χ0n) is 7.10. The van der Waals surface area contributed by atoms with Crippen molar-refractivity contribution in [1.82, 2.24) is 15.2 Å². The number of aromatic nitrogens is 3. The molecular weight excluding hydrogens is 186 g/mol. The van der Waals surface area contributed by atoms with Gasteiger partial charge in [0.05, 0.1) is 12.6 Å². The molecule has 0 aromatic carbocycles. The smallest absolute Gasteiger partial charge is 0.373 e. The summed E-state index contributed by atoms with van der Waals surface area (Å²) in [5.41, 5.74) is 0.823. The van der Waals surface area contributed by atoms with Crippen LogP contribution in [-0.4, -0.2) is 26.3 Å². The van der Waals surface area contributed by atoms with Gasteiger partial charge in [-0.05, 0) is 6.07 Å². The highest BCUT2D eigenvalue weighted by atomic mass is 16.4. The number of nitrogens with one attached hydrogen (secondary N) is 1. The molecule has 0 saturated carbocycles. The number of rotatable bonds is 3. The summed E-state index contributed by atoms with van der Waals surface area (Å²) in [6.07, 6.45) is 3.21. The number of aromatic amines is 1. The lowest BCUT2D eigenvalue weighted by atomic mass is 10.3. The van der Waals surface area contributed by atoms with Crippen molar-refractivity contribution in [3.8, 4) is 0 Å². The van der Waals surface area contributed by atoms with Crippen LogP contribution >= 0.6 is 0 Å². The Morgan fingerprint density at radius 3 is 3.07 bits per heavy atom. The summed E-state index contributed by atoms with van der Waals surface area (Å²) in [6.45, 7) is 0. The Kier molecular flexibility index (Phi) is 2.02. The first-order valence-corrected chi connectivity index (χ1v) is 3.92. The molecule has 0 bridgehead atoms. The maximum Gasteiger partial charge on any atom is 0.373 e. The maximum absolute atomic E-state index is 10.5. The lowest BCUT2D eigenvalue weighted by Gasteiger charge is -1.90. The SMILES string of the molecule is O=C(O)c1cnc(Cc2ccn[nH]2)o1. The average Bonchev–Trinajstić information content (AvgIpc) is 2.75. The second-order valence-electron chi connectivity index (χ2n) is 2.68. The van der Waals surface area contributed by atoms with Gasteiger partial charge in [-0.2, -0.15) is 5.10 Å². The van der Waals surface area contributed by atoms with Crippen LogP contribution in [0, 0.1) is 0 Å². The highest BCUT2D eigenvalue weighted by Crippen LogP contribution is 2.07. The molecule has 0 aliphatic carbocycles. The second kappa shape index (κ2) is 3.33. The van der Waals surface area contributed by atoms with Gasteiger partial charge in [-0.25, -0.2) is 9.78 Å². The molecule has 0 atom stereocenters. The van der Waals surface area contributed by atoms with E-state index in [1.807, 2.05) is 0 Å². The Morgan fingerprint density at radius 1 is 1.64 bits per heavy atom. The number of carbonyl (C=O) groups is 1. The Bertz CT molecular complexity index is 432. The molecule has 0 unspecified atom stereocenters. The molecule has 0 fully saturated rings. The molecule has 2 heterocycles. The number of aromatic carboxylic acids is 1. The Morgan fingerprint density at radius 2 is 2.50 bits per heavy atom. The predicted molar refractivity (Wildman–Crippen MR) is 44.9 cm³/mol. The van der Waals surface area contributed by atoms with Gasteiger partial charge in [0.1, 0.15) is 0 Å². The minimum atomic E-state index is -1.12. The van der Waals surface area contributed by atoms with E-state index in [1.54, 1.807) is 12.3 Å². The van der Waals surface area contributed by atoms with Crippen molar-refractivity contribution in [2.24, 2.45) is 0 Å². The second-order valence-corrected chi connectivity index (χ2v) is 2.68. The van der Waals surface area contributed by atoms with Crippen LogP contribution in [-0.2, 0) is 6.42 Å². The topological polar surface area (TPSA) is 92.0 Å². The Hall–Kier alpha value is -2.11. The number of hydrogen-bond donors (Lipinski definition) is 2. The van der Waals surface area contributed by atoms with E-state index in [1.165, 1.54) is 6.20 Å². The molecule has 0 spiro atoms. The van der Waals surface area contributed by atoms with E-state index in [9.17, 15) is 4.79 Å². The monoisotopic (exact) mass is 193 g/mol. The summed E-state index contributed by atoms with van der Waals surface area (Å²) in [5.74, 6) is -0.917. The first-order valence-electron chi connectivity index (χ1n) is 3.92. The number of oxazole rings is 1. The molecule has 14 heavy (non-hydrogen) atoms. The van der Waals surface area contributed by atoms with Crippen LogP contribution < -0.4 is 0 Å². The Labute approximate surface area is 78.6 Å². The van der Waals surface area contributed by atoms with E-state index in [2.05, 4.69) is 15.2 Å².